The highest BCUT2D eigenvalue weighted by molar-refractivity contribution is 6.02. The standard InChI is InChI=1S/C14H20N2O4/c1-4-14(5-2,13(18)19)16-12(17)10-8-9(20-3)6-7-11(10)15/h6-8H,4-5,15H2,1-3H3,(H,16,17)(H,18,19). The molecule has 0 saturated heterocycles. The Labute approximate surface area is 117 Å². The second-order valence-electron chi connectivity index (χ2n) is 4.50. The monoisotopic (exact) mass is 280 g/mol. The van der Waals surface area contributed by atoms with Crippen LogP contribution in [0.4, 0.5) is 5.69 Å². The number of rotatable bonds is 6. The topological polar surface area (TPSA) is 102 Å². The van der Waals surface area contributed by atoms with Crippen LogP contribution in [0.15, 0.2) is 18.2 Å². The number of hydrogen-bond acceptors (Lipinski definition) is 4. The average molecular weight is 280 g/mol. The Bertz CT molecular complexity index is 510. The first kappa shape index (κ1) is 15.8. The lowest BCUT2D eigenvalue weighted by Crippen LogP contribution is -2.53. The maximum atomic E-state index is 12.3. The summed E-state index contributed by atoms with van der Waals surface area (Å²) < 4.78 is 5.04. The minimum atomic E-state index is -1.29. The van der Waals surface area contributed by atoms with Crippen LogP contribution < -0.4 is 15.8 Å². The Balaban J connectivity index is 3.09. The summed E-state index contributed by atoms with van der Waals surface area (Å²) in [6.45, 7) is 3.43. The van der Waals surface area contributed by atoms with E-state index in [1.807, 2.05) is 0 Å². The van der Waals surface area contributed by atoms with Gasteiger partial charge in [0.1, 0.15) is 11.3 Å². The van der Waals surface area contributed by atoms with Crippen LogP contribution in [0.1, 0.15) is 37.0 Å². The fraction of sp³-hybridized carbons (Fsp3) is 0.429. The molecule has 0 radical (unpaired) electrons. The van der Waals surface area contributed by atoms with Crippen LogP contribution >= 0.6 is 0 Å². The third-order valence-corrected chi connectivity index (χ3v) is 3.47. The summed E-state index contributed by atoms with van der Waals surface area (Å²) in [6, 6.07) is 4.67. The summed E-state index contributed by atoms with van der Waals surface area (Å²) in [5.74, 6) is -1.09. The molecule has 1 amide bonds. The fourth-order valence-electron chi connectivity index (χ4n) is 1.93. The summed E-state index contributed by atoms with van der Waals surface area (Å²) >= 11 is 0. The van der Waals surface area contributed by atoms with Gasteiger partial charge in [0.2, 0.25) is 0 Å². The Morgan fingerprint density at radius 1 is 1.35 bits per heavy atom. The highest BCUT2D eigenvalue weighted by atomic mass is 16.5. The Morgan fingerprint density at radius 3 is 2.40 bits per heavy atom. The van der Waals surface area contributed by atoms with Crippen LogP contribution in [0.5, 0.6) is 5.75 Å². The van der Waals surface area contributed by atoms with Gasteiger partial charge < -0.3 is 20.9 Å². The minimum absolute atomic E-state index is 0.205. The van der Waals surface area contributed by atoms with Crippen molar-refractivity contribution >= 4 is 17.6 Å². The van der Waals surface area contributed by atoms with Gasteiger partial charge in [-0.2, -0.15) is 0 Å². The van der Waals surface area contributed by atoms with E-state index in [0.29, 0.717) is 5.75 Å². The number of nitrogens with two attached hydrogens (primary N) is 1. The van der Waals surface area contributed by atoms with Crippen LogP contribution in [-0.2, 0) is 4.79 Å². The van der Waals surface area contributed by atoms with Crippen LogP contribution in [0.3, 0.4) is 0 Å². The van der Waals surface area contributed by atoms with Crippen molar-refractivity contribution in [1.29, 1.82) is 0 Å². The summed E-state index contributed by atoms with van der Waals surface area (Å²) in [5, 5.41) is 11.9. The van der Waals surface area contributed by atoms with Gasteiger partial charge >= 0.3 is 5.97 Å². The number of carboxylic acid groups (broad SMARTS) is 1. The van der Waals surface area contributed by atoms with Gasteiger partial charge in [-0.1, -0.05) is 13.8 Å². The van der Waals surface area contributed by atoms with Gasteiger partial charge in [0.15, 0.2) is 0 Å². The summed E-state index contributed by atoms with van der Waals surface area (Å²) in [7, 11) is 1.48. The third-order valence-electron chi connectivity index (χ3n) is 3.47. The molecular formula is C14H20N2O4. The molecule has 1 aromatic rings. The molecule has 4 N–H and O–H groups in total. The first-order valence-electron chi connectivity index (χ1n) is 6.39. The first-order chi connectivity index (χ1) is 9.40. The number of ether oxygens (including phenoxy) is 1. The molecule has 0 saturated carbocycles. The van der Waals surface area contributed by atoms with E-state index in [1.54, 1.807) is 26.0 Å². The molecule has 0 spiro atoms. The van der Waals surface area contributed by atoms with Gasteiger partial charge in [-0.15, -0.1) is 0 Å². The number of anilines is 1. The molecule has 110 valence electrons. The summed E-state index contributed by atoms with van der Waals surface area (Å²) in [5.41, 5.74) is 4.95. The van der Waals surface area contributed by atoms with Gasteiger partial charge in [-0.05, 0) is 31.0 Å². The van der Waals surface area contributed by atoms with E-state index >= 15 is 0 Å². The quantitative estimate of drug-likeness (QED) is 0.688. The van der Waals surface area contributed by atoms with Gasteiger partial charge in [-0.3, -0.25) is 4.79 Å². The number of carbonyl (C=O) groups is 2. The van der Waals surface area contributed by atoms with Crippen molar-refractivity contribution in [3.8, 4) is 5.75 Å². The number of nitrogens with one attached hydrogen (secondary N) is 1. The number of carbonyl (C=O) groups excluding carboxylic acids is 1. The highest BCUT2D eigenvalue weighted by Gasteiger charge is 2.36. The number of amides is 1. The van der Waals surface area contributed by atoms with Crippen molar-refractivity contribution < 1.29 is 19.4 Å². The van der Waals surface area contributed by atoms with E-state index in [4.69, 9.17) is 10.5 Å². The number of nitrogen functional groups attached to an aromatic ring is 1. The van der Waals surface area contributed by atoms with Crippen molar-refractivity contribution in [2.45, 2.75) is 32.2 Å². The number of hydrogen-bond donors (Lipinski definition) is 3. The average Bonchev–Trinajstić information content (AvgIpc) is 2.44. The normalized spacial score (nSPS) is 10.9. The predicted octanol–water partition coefficient (Wildman–Crippen LogP) is 1.65. The lowest BCUT2D eigenvalue weighted by molar-refractivity contribution is -0.144. The molecule has 6 nitrogen and oxygen atoms in total. The number of aliphatic carboxylic acids is 1. The predicted molar refractivity (Wildman–Crippen MR) is 75.8 cm³/mol. The molecule has 0 bridgehead atoms. The van der Waals surface area contributed by atoms with E-state index < -0.39 is 17.4 Å². The molecule has 6 heteroatoms. The molecule has 20 heavy (non-hydrogen) atoms. The Hall–Kier alpha value is -2.24. The number of carboxylic acids is 1. The van der Waals surface area contributed by atoms with Gasteiger partial charge in [0.05, 0.1) is 12.7 Å². The van der Waals surface area contributed by atoms with E-state index in [1.165, 1.54) is 13.2 Å². The van der Waals surface area contributed by atoms with Crippen molar-refractivity contribution in [3.05, 3.63) is 23.8 Å². The molecule has 0 aliphatic heterocycles. The van der Waals surface area contributed by atoms with Crippen LogP contribution in [-0.4, -0.2) is 29.6 Å². The second kappa shape index (κ2) is 6.27. The third kappa shape index (κ3) is 3.01. The molecule has 0 aliphatic carbocycles. The molecule has 0 heterocycles. The van der Waals surface area contributed by atoms with Gasteiger partial charge in [-0.25, -0.2) is 4.79 Å². The summed E-state index contributed by atoms with van der Waals surface area (Å²) in [4.78, 5) is 23.6. The maximum absolute atomic E-state index is 12.3. The van der Waals surface area contributed by atoms with Crippen LogP contribution in [0.25, 0.3) is 0 Å². The van der Waals surface area contributed by atoms with E-state index in [0.717, 1.165) is 0 Å². The lowest BCUT2D eigenvalue weighted by atomic mass is 9.92. The molecule has 1 aromatic carbocycles. The maximum Gasteiger partial charge on any atom is 0.329 e. The largest absolute Gasteiger partial charge is 0.497 e. The smallest absolute Gasteiger partial charge is 0.329 e. The van der Waals surface area contributed by atoms with Crippen molar-refractivity contribution in [3.63, 3.8) is 0 Å². The molecule has 1 rings (SSSR count). The zero-order chi connectivity index (χ0) is 15.3. The minimum Gasteiger partial charge on any atom is -0.497 e. The van der Waals surface area contributed by atoms with Crippen molar-refractivity contribution in [2.24, 2.45) is 0 Å². The molecule has 0 fully saturated rings. The molecule has 0 aromatic heterocycles. The number of benzene rings is 1. The molecule has 0 atom stereocenters. The Kier molecular flexibility index (Phi) is 4.96. The van der Waals surface area contributed by atoms with E-state index in [-0.39, 0.29) is 24.1 Å². The van der Waals surface area contributed by atoms with E-state index in [2.05, 4.69) is 5.32 Å². The lowest BCUT2D eigenvalue weighted by Gasteiger charge is -2.28. The van der Waals surface area contributed by atoms with Crippen molar-refractivity contribution in [2.75, 3.05) is 12.8 Å². The number of methoxy groups -OCH3 is 1. The molecule has 0 unspecified atom stereocenters. The fourth-order valence-corrected chi connectivity index (χ4v) is 1.93. The molecule has 0 aliphatic rings. The first-order valence-corrected chi connectivity index (χ1v) is 6.39. The zero-order valence-corrected chi connectivity index (χ0v) is 11.9. The summed E-state index contributed by atoms with van der Waals surface area (Å²) in [6.07, 6.45) is 0.572. The molecular weight excluding hydrogens is 260 g/mol. The van der Waals surface area contributed by atoms with Gasteiger partial charge in [0.25, 0.3) is 5.91 Å². The van der Waals surface area contributed by atoms with Gasteiger partial charge in [0, 0.05) is 5.69 Å². The van der Waals surface area contributed by atoms with Crippen molar-refractivity contribution in [1.82, 2.24) is 5.32 Å². The van der Waals surface area contributed by atoms with Crippen LogP contribution in [0, 0.1) is 0 Å². The van der Waals surface area contributed by atoms with E-state index in [9.17, 15) is 14.7 Å². The Morgan fingerprint density at radius 2 is 1.95 bits per heavy atom. The van der Waals surface area contributed by atoms with Crippen LogP contribution in [0.2, 0.25) is 0 Å². The zero-order valence-electron chi connectivity index (χ0n) is 11.9. The highest BCUT2D eigenvalue weighted by Crippen LogP contribution is 2.22. The second-order valence-corrected chi connectivity index (χ2v) is 4.50. The SMILES string of the molecule is CCC(CC)(NC(=O)c1cc(OC)ccc1N)C(=O)O.